The molecule has 1 aliphatic heterocycles. The molecular weight excluding hydrogens is 582 g/mol. The molecule has 1 rings (SSSR count). The van der Waals surface area contributed by atoms with Gasteiger partial charge in [-0.2, -0.15) is 0 Å². The van der Waals surface area contributed by atoms with Gasteiger partial charge in [-0.05, 0) is 57.8 Å². The highest BCUT2D eigenvalue weighted by Crippen LogP contribution is 2.23. The lowest BCUT2D eigenvalue weighted by Crippen LogP contribution is -2.60. The highest BCUT2D eigenvalue weighted by atomic mass is 16.7. The van der Waals surface area contributed by atoms with E-state index < -0.39 is 74.2 Å². The van der Waals surface area contributed by atoms with Crippen molar-refractivity contribution in [2.24, 2.45) is 0 Å². The van der Waals surface area contributed by atoms with Gasteiger partial charge in [0.2, 0.25) is 5.91 Å². The Balaban J connectivity index is 2.65. The Labute approximate surface area is 270 Å². The first kappa shape index (κ1) is 41.6. The van der Waals surface area contributed by atoms with Gasteiger partial charge < -0.3 is 50.5 Å². The molecule has 1 saturated heterocycles. The summed E-state index contributed by atoms with van der Waals surface area (Å²) in [6, 6.07) is -1.18. The van der Waals surface area contributed by atoms with Gasteiger partial charge in [0.25, 0.3) is 0 Å². The molecule has 0 aromatic rings. The molecule has 11 heteroatoms. The second-order valence-corrected chi connectivity index (χ2v) is 12.2. The van der Waals surface area contributed by atoms with Crippen molar-refractivity contribution in [3.05, 3.63) is 24.3 Å². The van der Waals surface area contributed by atoms with E-state index in [0.717, 1.165) is 57.8 Å². The monoisotopic (exact) mass is 645 g/mol. The molecule has 0 aromatic heterocycles. The first-order chi connectivity index (χ1) is 21.7. The van der Waals surface area contributed by atoms with E-state index in [0.29, 0.717) is 12.8 Å². The van der Waals surface area contributed by atoms with E-state index in [4.69, 9.17) is 9.47 Å². The summed E-state index contributed by atoms with van der Waals surface area (Å²) >= 11 is 0. The van der Waals surface area contributed by atoms with Gasteiger partial charge in [-0.15, -0.1) is 0 Å². The summed E-state index contributed by atoms with van der Waals surface area (Å²) in [6.07, 6.45) is 11.4. The molecule has 45 heavy (non-hydrogen) atoms. The average molecular weight is 646 g/mol. The zero-order chi connectivity index (χ0) is 33.5. The van der Waals surface area contributed by atoms with Crippen molar-refractivity contribution in [3.63, 3.8) is 0 Å². The highest BCUT2D eigenvalue weighted by molar-refractivity contribution is 5.80. The molecule has 1 amide bonds. The van der Waals surface area contributed by atoms with E-state index in [1.54, 1.807) is 0 Å². The number of carbonyl (C=O) groups is 1. The van der Waals surface area contributed by atoms with Gasteiger partial charge in [0, 0.05) is 0 Å². The third-order valence-electron chi connectivity index (χ3n) is 8.23. The van der Waals surface area contributed by atoms with Crippen LogP contribution in [0.4, 0.5) is 0 Å². The summed E-state index contributed by atoms with van der Waals surface area (Å²) < 4.78 is 10.9. The second kappa shape index (κ2) is 25.7. The van der Waals surface area contributed by atoms with Crippen LogP contribution < -0.4 is 5.32 Å². The van der Waals surface area contributed by atoms with E-state index in [1.807, 2.05) is 6.08 Å². The molecule has 1 fully saturated rings. The molecule has 0 spiro atoms. The third-order valence-corrected chi connectivity index (χ3v) is 8.23. The van der Waals surface area contributed by atoms with Crippen LogP contribution in [-0.4, -0.2) is 110 Å². The quantitative estimate of drug-likeness (QED) is 0.0513. The summed E-state index contributed by atoms with van der Waals surface area (Å²) in [5.74, 6) is -0.725. The molecule has 1 aliphatic rings. The van der Waals surface area contributed by atoms with E-state index in [-0.39, 0.29) is 12.8 Å². The van der Waals surface area contributed by atoms with Crippen molar-refractivity contribution in [3.8, 4) is 0 Å². The van der Waals surface area contributed by atoms with E-state index in [9.17, 15) is 40.5 Å². The molecule has 264 valence electrons. The van der Waals surface area contributed by atoms with Crippen molar-refractivity contribution in [2.45, 2.75) is 172 Å². The highest BCUT2D eigenvalue weighted by Gasteiger charge is 2.44. The second-order valence-electron chi connectivity index (χ2n) is 12.2. The normalized spacial score (nSPS) is 25.0. The lowest BCUT2D eigenvalue weighted by Gasteiger charge is -2.40. The fraction of sp³-hybridized carbons (Fsp3) is 0.853. The molecule has 0 saturated carbocycles. The summed E-state index contributed by atoms with van der Waals surface area (Å²) in [7, 11) is 0. The largest absolute Gasteiger partial charge is 0.394 e. The van der Waals surface area contributed by atoms with Crippen LogP contribution in [0.25, 0.3) is 0 Å². The van der Waals surface area contributed by atoms with E-state index >= 15 is 0 Å². The first-order valence-electron chi connectivity index (χ1n) is 17.2. The maximum absolute atomic E-state index is 12.9. The summed E-state index contributed by atoms with van der Waals surface area (Å²) in [6.45, 7) is 3.23. The number of nitrogens with one attached hydrogen (secondary N) is 1. The number of aliphatic hydroxyl groups excluding tert-OH is 7. The molecule has 9 unspecified atom stereocenters. The third kappa shape index (κ3) is 17.4. The summed E-state index contributed by atoms with van der Waals surface area (Å²) in [5, 5.41) is 74.6. The van der Waals surface area contributed by atoms with Gasteiger partial charge in [-0.1, -0.05) is 83.1 Å². The number of aliphatic hydroxyl groups is 7. The fourth-order valence-electron chi connectivity index (χ4n) is 5.18. The smallest absolute Gasteiger partial charge is 0.249 e. The van der Waals surface area contributed by atoms with Crippen molar-refractivity contribution in [1.29, 1.82) is 0 Å². The number of rotatable bonds is 26. The van der Waals surface area contributed by atoms with Crippen LogP contribution in [0, 0.1) is 0 Å². The molecule has 0 aliphatic carbocycles. The molecule has 11 nitrogen and oxygen atoms in total. The van der Waals surface area contributed by atoms with Crippen LogP contribution in [0.1, 0.15) is 117 Å². The Bertz CT molecular complexity index is 795. The Morgan fingerprint density at radius 1 is 0.756 bits per heavy atom. The van der Waals surface area contributed by atoms with Gasteiger partial charge in [0.15, 0.2) is 6.29 Å². The fourth-order valence-corrected chi connectivity index (χ4v) is 5.18. The first-order valence-corrected chi connectivity index (χ1v) is 17.2. The number of ether oxygens (including phenoxy) is 2. The van der Waals surface area contributed by atoms with Crippen LogP contribution >= 0.6 is 0 Å². The predicted molar refractivity (Wildman–Crippen MR) is 173 cm³/mol. The minimum atomic E-state index is -1.66. The number of unbranched alkanes of at least 4 members (excludes halogenated alkanes) is 10. The van der Waals surface area contributed by atoms with Gasteiger partial charge in [-0.3, -0.25) is 4.79 Å². The van der Waals surface area contributed by atoms with Gasteiger partial charge in [-0.25, -0.2) is 0 Å². The molecular formula is C34H63NO10. The topological polar surface area (TPSA) is 189 Å². The van der Waals surface area contributed by atoms with E-state index in [2.05, 4.69) is 37.4 Å². The zero-order valence-electron chi connectivity index (χ0n) is 27.6. The Hall–Kier alpha value is -1.41. The Morgan fingerprint density at radius 3 is 1.96 bits per heavy atom. The van der Waals surface area contributed by atoms with Gasteiger partial charge >= 0.3 is 0 Å². The Kier molecular flexibility index (Phi) is 23.7. The number of allylic oxidation sites excluding steroid dienone is 4. The molecule has 9 atom stereocenters. The van der Waals surface area contributed by atoms with E-state index in [1.165, 1.54) is 19.3 Å². The van der Waals surface area contributed by atoms with Crippen LogP contribution in [-0.2, 0) is 14.3 Å². The van der Waals surface area contributed by atoms with Gasteiger partial charge in [0.05, 0.1) is 25.4 Å². The van der Waals surface area contributed by atoms with Crippen molar-refractivity contribution in [1.82, 2.24) is 5.32 Å². The van der Waals surface area contributed by atoms with Crippen molar-refractivity contribution >= 4 is 5.91 Å². The maximum atomic E-state index is 12.9. The van der Waals surface area contributed by atoms with Crippen molar-refractivity contribution < 1.29 is 50.0 Å². The number of carbonyl (C=O) groups excluding carboxylic acids is 1. The molecule has 0 aromatic carbocycles. The Morgan fingerprint density at radius 2 is 1.33 bits per heavy atom. The standard InChI is InChI=1S/C34H63NO10/c1-3-5-7-9-11-12-13-14-16-18-20-22-27(38)33(43)35-25(29(39)26(37)21-19-17-15-10-8-6-4-2)24-44-34-32(42)31(41)30(40)28(23-36)45-34/h10-12,15,25-32,34,36-42H,3-9,13-14,16-24H2,1-2H3,(H,35,43)/b12-11-,15-10+. The minimum absolute atomic E-state index is 0.238. The SMILES string of the molecule is CCCC/C=C/CCCC(O)C(O)C(COC1OC(CO)C(O)C(O)C1O)NC(=O)C(O)CCCCCC/C=C\CCCCC. The minimum Gasteiger partial charge on any atom is -0.394 e. The number of amides is 1. The number of hydrogen-bond acceptors (Lipinski definition) is 10. The zero-order valence-corrected chi connectivity index (χ0v) is 27.6. The van der Waals surface area contributed by atoms with Crippen LogP contribution in [0.15, 0.2) is 24.3 Å². The van der Waals surface area contributed by atoms with Crippen molar-refractivity contribution in [2.75, 3.05) is 13.2 Å². The summed E-state index contributed by atoms with van der Waals surface area (Å²) in [4.78, 5) is 12.9. The molecule has 0 bridgehead atoms. The van der Waals surface area contributed by atoms with Crippen LogP contribution in [0.2, 0.25) is 0 Å². The predicted octanol–water partition coefficient (Wildman–Crippen LogP) is 2.76. The number of hydrogen-bond donors (Lipinski definition) is 8. The molecule has 1 heterocycles. The van der Waals surface area contributed by atoms with Gasteiger partial charge in [0.1, 0.15) is 36.6 Å². The van der Waals surface area contributed by atoms with Crippen LogP contribution in [0.3, 0.4) is 0 Å². The summed E-state index contributed by atoms with van der Waals surface area (Å²) in [5.41, 5.74) is 0. The lowest BCUT2D eigenvalue weighted by atomic mass is 9.98. The lowest BCUT2D eigenvalue weighted by molar-refractivity contribution is -0.303. The molecule has 0 radical (unpaired) electrons. The van der Waals surface area contributed by atoms with Crippen LogP contribution in [0.5, 0.6) is 0 Å². The molecule has 8 N–H and O–H groups in total. The maximum Gasteiger partial charge on any atom is 0.249 e. The average Bonchev–Trinajstić information content (AvgIpc) is 3.04.